The van der Waals surface area contributed by atoms with Crippen LogP contribution in [0.4, 0.5) is 0 Å². The predicted molar refractivity (Wildman–Crippen MR) is 105 cm³/mol. The summed E-state index contributed by atoms with van der Waals surface area (Å²) in [6, 6.07) is 5.04. The molecule has 0 unspecified atom stereocenters. The first-order valence-electron chi connectivity index (χ1n) is 9.89. The first-order valence-corrected chi connectivity index (χ1v) is 11.5. The summed E-state index contributed by atoms with van der Waals surface area (Å²) in [5.41, 5.74) is 0.281. The Morgan fingerprint density at radius 2 is 2.00 bits per heavy atom. The molecule has 150 valence electrons. The summed E-state index contributed by atoms with van der Waals surface area (Å²) in [7, 11) is -1.89. The van der Waals surface area contributed by atoms with Gasteiger partial charge >= 0.3 is 0 Å². The zero-order valence-electron chi connectivity index (χ0n) is 16.2. The van der Waals surface area contributed by atoms with Gasteiger partial charge in [0.15, 0.2) is 9.84 Å². The van der Waals surface area contributed by atoms with Crippen molar-refractivity contribution in [3.05, 3.63) is 23.8 Å². The molecule has 7 heteroatoms. The maximum Gasteiger partial charge on any atom is 0.255 e. The van der Waals surface area contributed by atoms with Gasteiger partial charge in [-0.25, -0.2) is 8.42 Å². The van der Waals surface area contributed by atoms with E-state index < -0.39 is 9.84 Å². The van der Waals surface area contributed by atoms with Gasteiger partial charge in [-0.05, 0) is 62.9 Å². The van der Waals surface area contributed by atoms with Crippen LogP contribution < -0.4 is 10.1 Å². The van der Waals surface area contributed by atoms with Crippen molar-refractivity contribution in [2.24, 2.45) is 5.92 Å². The lowest BCUT2D eigenvalue weighted by atomic mass is 9.83. The number of rotatable bonds is 6. The van der Waals surface area contributed by atoms with E-state index in [2.05, 4.69) is 10.2 Å². The summed E-state index contributed by atoms with van der Waals surface area (Å²) in [4.78, 5) is 15.5. The molecule has 0 spiro atoms. The standard InChI is InChI=1S/C20H30N2O4S/c1-3-27(24,25)16-9-10-19(26-2)17(13-16)20(23)21-14-15-7-6-12-22-11-5-4-8-18(15)22/h9-10,13,15,18H,3-8,11-12,14H2,1-2H3,(H,21,23)/t15-,18+/m0/s1. The molecule has 2 atom stereocenters. The van der Waals surface area contributed by atoms with Crippen LogP contribution in [0.2, 0.25) is 0 Å². The quantitative estimate of drug-likeness (QED) is 0.802. The van der Waals surface area contributed by atoms with Crippen LogP contribution in [0, 0.1) is 5.92 Å². The monoisotopic (exact) mass is 394 g/mol. The molecule has 1 amide bonds. The minimum absolute atomic E-state index is 0.0000232. The maximum absolute atomic E-state index is 12.8. The summed E-state index contributed by atoms with van der Waals surface area (Å²) >= 11 is 0. The number of piperidine rings is 2. The van der Waals surface area contributed by atoms with Crippen LogP contribution in [0.25, 0.3) is 0 Å². The molecule has 2 aliphatic heterocycles. The van der Waals surface area contributed by atoms with Crippen LogP contribution >= 0.6 is 0 Å². The number of methoxy groups -OCH3 is 1. The van der Waals surface area contributed by atoms with Crippen molar-refractivity contribution < 1.29 is 17.9 Å². The molecule has 27 heavy (non-hydrogen) atoms. The Bertz CT molecular complexity index is 776. The molecule has 2 heterocycles. The third kappa shape index (κ3) is 4.46. The number of nitrogens with one attached hydrogen (secondary N) is 1. The van der Waals surface area contributed by atoms with Gasteiger partial charge < -0.3 is 15.0 Å². The largest absolute Gasteiger partial charge is 0.496 e. The molecule has 6 nitrogen and oxygen atoms in total. The molecule has 0 aromatic heterocycles. The number of benzene rings is 1. The number of fused-ring (bicyclic) bond motifs is 1. The van der Waals surface area contributed by atoms with Crippen LogP contribution in [0.3, 0.4) is 0 Å². The average Bonchev–Trinajstić information content (AvgIpc) is 2.71. The van der Waals surface area contributed by atoms with Gasteiger partial charge in [-0.1, -0.05) is 13.3 Å². The molecule has 1 N–H and O–H groups in total. The van der Waals surface area contributed by atoms with Crippen molar-refractivity contribution in [3.63, 3.8) is 0 Å². The lowest BCUT2D eigenvalue weighted by Crippen LogP contribution is -2.51. The highest BCUT2D eigenvalue weighted by molar-refractivity contribution is 7.91. The van der Waals surface area contributed by atoms with E-state index in [4.69, 9.17) is 4.74 Å². The summed E-state index contributed by atoms with van der Waals surface area (Å²) in [5, 5.41) is 3.03. The third-order valence-electron chi connectivity index (χ3n) is 5.91. The number of ether oxygens (including phenoxy) is 1. The van der Waals surface area contributed by atoms with Gasteiger partial charge in [-0.15, -0.1) is 0 Å². The van der Waals surface area contributed by atoms with E-state index in [0.29, 0.717) is 24.3 Å². The van der Waals surface area contributed by atoms with Crippen LogP contribution in [-0.4, -0.2) is 57.8 Å². The second kappa shape index (κ2) is 8.61. The molecule has 0 bridgehead atoms. The molecule has 2 aliphatic rings. The fourth-order valence-corrected chi connectivity index (χ4v) is 5.27. The van der Waals surface area contributed by atoms with Gasteiger partial charge in [0.05, 0.1) is 23.3 Å². The summed E-state index contributed by atoms with van der Waals surface area (Å²) < 4.78 is 29.6. The number of carbonyl (C=O) groups is 1. The Labute approximate surface area is 162 Å². The van der Waals surface area contributed by atoms with E-state index in [-0.39, 0.29) is 22.1 Å². The number of sulfone groups is 1. The van der Waals surface area contributed by atoms with Crippen molar-refractivity contribution in [3.8, 4) is 5.75 Å². The normalized spacial score (nSPS) is 23.5. The molecular weight excluding hydrogens is 364 g/mol. The van der Waals surface area contributed by atoms with E-state index in [0.717, 1.165) is 6.42 Å². The topological polar surface area (TPSA) is 75.7 Å². The van der Waals surface area contributed by atoms with Crippen molar-refractivity contribution in [1.82, 2.24) is 10.2 Å². The van der Waals surface area contributed by atoms with Crippen molar-refractivity contribution in [2.75, 3.05) is 32.5 Å². The minimum Gasteiger partial charge on any atom is -0.496 e. The van der Waals surface area contributed by atoms with E-state index in [1.165, 1.54) is 58.0 Å². The molecule has 0 saturated carbocycles. The number of hydrogen-bond acceptors (Lipinski definition) is 5. The smallest absolute Gasteiger partial charge is 0.255 e. The van der Waals surface area contributed by atoms with Crippen LogP contribution in [0.15, 0.2) is 23.1 Å². The van der Waals surface area contributed by atoms with Gasteiger partial charge in [0.25, 0.3) is 5.91 Å². The van der Waals surface area contributed by atoms with Crippen molar-refractivity contribution in [2.45, 2.75) is 50.0 Å². The van der Waals surface area contributed by atoms with Gasteiger partial charge in [0, 0.05) is 12.6 Å². The lowest BCUT2D eigenvalue weighted by molar-refractivity contribution is 0.0575. The molecule has 1 aromatic carbocycles. The van der Waals surface area contributed by atoms with Crippen LogP contribution in [0.5, 0.6) is 5.75 Å². The number of nitrogens with zero attached hydrogens (tertiary/aromatic N) is 1. The van der Waals surface area contributed by atoms with E-state index in [9.17, 15) is 13.2 Å². The second-order valence-corrected chi connectivity index (χ2v) is 9.76. The van der Waals surface area contributed by atoms with Gasteiger partial charge in [0.2, 0.25) is 0 Å². The molecule has 0 aliphatic carbocycles. The van der Waals surface area contributed by atoms with Crippen LogP contribution in [-0.2, 0) is 9.84 Å². The highest BCUT2D eigenvalue weighted by Crippen LogP contribution is 2.30. The van der Waals surface area contributed by atoms with E-state index >= 15 is 0 Å². The average molecular weight is 395 g/mol. The molecule has 3 rings (SSSR count). The molecular formula is C20H30N2O4S. The van der Waals surface area contributed by atoms with Crippen molar-refractivity contribution in [1.29, 1.82) is 0 Å². The zero-order valence-corrected chi connectivity index (χ0v) is 17.1. The van der Waals surface area contributed by atoms with Gasteiger partial charge in [-0.3, -0.25) is 4.79 Å². The van der Waals surface area contributed by atoms with Crippen molar-refractivity contribution >= 4 is 15.7 Å². The zero-order chi connectivity index (χ0) is 19.4. The predicted octanol–water partition coefficient (Wildman–Crippen LogP) is 2.48. The summed E-state index contributed by atoms with van der Waals surface area (Å²) in [6.07, 6.45) is 6.03. The third-order valence-corrected chi connectivity index (χ3v) is 7.64. The lowest BCUT2D eigenvalue weighted by Gasteiger charge is -2.44. The molecule has 1 aromatic rings. The first kappa shape index (κ1) is 20.1. The SMILES string of the molecule is CCS(=O)(=O)c1ccc(OC)c(C(=O)NC[C@@H]2CCCN3CCCC[C@H]23)c1. The molecule has 2 fully saturated rings. The van der Waals surface area contributed by atoms with E-state index in [1.807, 2.05) is 0 Å². The number of carbonyl (C=O) groups excluding carboxylic acids is 1. The summed E-state index contributed by atoms with van der Waals surface area (Å²) in [6.45, 7) is 4.55. The Morgan fingerprint density at radius 3 is 2.74 bits per heavy atom. The van der Waals surface area contributed by atoms with Gasteiger partial charge in [-0.2, -0.15) is 0 Å². The number of hydrogen-bond donors (Lipinski definition) is 1. The Balaban J connectivity index is 1.72. The first-order chi connectivity index (χ1) is 13.0. The van der Waals surface area contributed by atoms with E-state index in [1.54, 1.807) is 13.0 Å². The Kier molecular flexibility index (Phi) is 6.42. The highest BCUT2D eigenvalue weighted by Gasteiger charge is 2.33. The Hall–Kier alpha value is -1.60. The van der Waals surface area contributed by atoms with Gasteiger partial charge in [0.1, 0.15) is 5.75 Å². The molecule has 0 radical (unpaired) electrons. The Morgan fingerprint density at radius 1 is 1.22 bits per heavy atom. The number of amides is 1. The maximum atomic E-state index is 12.8. The van der Waals surface area contributed by atoms with Crippen LogP contribution in [0.1, 0.15) is 49.4 Å². The highest BCUT2D eigenvalue weighted by atomic mass is 32.2. The molecule has 2 saturated heterocycles. The minimum atomic E-state index is -3.37. The fourth-order valence-electron chi connectivity index (χ4n) is 4.36. The second-order valence-electron chi connectivity index (χ2n) is 7.48. The summed E-state index contributed by atoms with van der Waals surface area (Å²) in [5.74, 6) is 0.579. The fraction of sp³-hybridized carbons (Fsp3) is 0.650.